The van der Waals surface area contributed by atoms with Crippen molar-refractivity contribution >= 4 is 33.9 Å². The molecule has 6 heteroatoms. The van der Waals surface area contributed by atoms with Crippen molar-refractivity contribution in [2.75, 3.05) is 5.32 Å². The van der Waals surface area contributed by atoms with Gasteiger partial charge in [0.2, 0.25) is 0 Å². The number of aliphatic hydroxyl groups is 1. The maximum Gasteiger partial charge on any atom is 0.328 e. The highest BCUT2D eigenvalue weighted by Gasteiger charge is 2.17. The lowest BCUT2D eigenvalue weighted by molar-refractivity contribution is -0.131. The molecule has 0 fully saturated rings. The van der Waals surface area contributed by atoms with E-state index in [1.807, 2.05) is 54.6 Å². The molecule has 0 saturated heterocycles. The molecule has 0 atom stereocenters. The topological polar surface area (TPSA) is 86.6 Å². The molecule has 4 aromatic carbocycles. The molecule has 0 heterocycles. The van der Waals surface area contributed by atoms with E-state index in [4.69, 9.17) is 5.11 Å². The van der Waals surface area contributed by atoms with E-state index < -0.39 is 17.7 Å². The number of hydrogen-bond acceptors (Lipinski definition) is 3. The predicted molar refractivity (Wildman–Crippen MR) is 136 cm³/mol. The number of anilines is 1. The Morgan fingerprint density at radius 2 is 1.71 bits per heavy atom. The van der Waals surface area contributed by atoms with E-state index in [2.05, 4.69) is 5.32 Å². The van der Waals surface area contributed by atoms with Gasteiger partial charge in [-0.2, -0.15) is 0 Å². The summed E-state index contributed by atoms with van der Waals surface area (Å²) in [5.74, 6) is -2.22. The molecule has 0 aliphatic rings. The first-order valence-electron chi connectivity index (χ1n) is 11.2. The molecule has 0 radical (unpaired) electrons. The minimum absolute atomic E-state index is 0.0394. The highest BCUT2D eigenvalue weighted by atomic mass is 19.1. The molecule has 0 aliphatic carbocycles. The van der Waals surface area contributed by atoms with Crippen molar-refractivity contribution in [3.8, 4) is 11.1 Å². The molecular weight excluding hydrogens is 445 g/mol. The van der Waals surface area contributed by atoms with E-state index in [0.29, 0.717) is 28.5 Å². The number of amides is 1. The number of benzene rings is 4. The summed E-state index contributed by atoms with van der Waals surface area (Å²) in [5, 5.41) is 23.1. The molecule has 35 heavy (non-hydrogen) atoms. The van der Waals surface area contributed by atoms with Crippen molar-refractivity contribution in [2.24, 2.45) is 0 Å². The average Bonchev–Trinajstić information content (AvgIpc) is 2.87. The number of carboxylic acids is 1. The fourth-order valence-corrected chi connectivity index (χ4v) is 4.14. The van der Waals surface area contributed by atoms with Gasteiger partial charge in [-0.25, -0.2) is 9.18 Å². The van der Waals surface area contributed by atoms with Gasteiger partial charge in [-0.1, -0.05) is 61.5 Å². The van der Waals surface area contributed by atoms with Gasteiger partial charge in [0.15, 0.2) is 0 Å². The van der Waals surface area contributed by atoms with E-state index in [0.717, 1.165) is 28.2 Å². The number of carbonyl (C=O) groups excluding carboxylic acids is 1. The number of aliphatic carboxylic acids is 1. The predicted octanol–water partition coefficient (Wildman–Crippen LogP) is 6.27. The SMILES string of the molecule is CC/C(=C\C(=O)O)c1ccc(F)c(NC(=O)c2cc(-c3ccccc3CO)cc3ccccc23)c1. The Kier molecular flexibility index (Phi) is 7.03. The molecule has 0 unspecified atom stereocenters. The Morgan fingerprint density at radius 1 is 0.971 bits per heavy atom. The number of carboxylic acid groups (broad SMARTS) is 1. The van der Waals surface area contributed by atoms with Gasteiger partial charge in [-0.3, -0.25) is 4.79 Å². The number of aliphatic hydroxyl groups excluding tert-OH is 1. The number of allylic oxidation sites excluding steroid dienone is 1. The van der Waals surface area contributed by atoms with Gasteiger partial charge in [0.25, 0.3) is 5.91 Å². The summed E-state index contributed by atoms with van der Waals surface area (Å²) in [6.45, 7) is 1.66. The molecule has 4 aromatic rings. The summed E-state index contributed by atoms with van der Waals surface area (Å²) in [7, 11) is 0. The van der Waals surface area contributed by atoms with Gasteiger partial charge in [0.1, 0.15) is 5.82 Å². The first-order chi connectivity index (χ1) is 16.9. The third kappa shape index (κ3) is 5.13. The lowest BCUT2D eigenvalue weighted by Crippen LogP contribution is -2.14. The Labute approximate surface area is 202 Å². The van der Waals surface area contributed by atoms with Crippen LogP contribution in [0.1, 0.15) is 34.8 Å². The highest BCUT2D eigenvalue weighted by molar-refractivity contribution is 6.14. The maximum atomic E-state index is 14.7. The van der Waals surface area contributed by atoms with Gasteiger partial charge in [-0.15, -0.1) is 0 Å². The van der Waals surface area contributed by atoms with Crippen molar-refractivity contribution in [3.05, 3.63) is 107 Å². The zero-order valence-electron chi connectivity index (χ0n) is 19.1. The number of carbonyl (C=O) groups is 2. The molecule has 3 N–H and O–H groups in total. The Hall–Kier alpha value is -4.29. The Morgan fingerprint density at radius 3 is 2.46 bits per heavy atom. The normalized spacial score (nSPS) is 11.5. The van der Waals surface area contributed by atoms with Crippen molar-refractivity contribution in [1.29, 1.82) is 0 Å². The summed E-state index contributed by atoms with van der Waals surface area (Å²) in [4.78, 5) is 24.6. The van der Waals surface area contributed by atoms with E-state index in [1.54, 1.807) is 13.0 Å². The molecule has 0 spiro atoms. The van der Waals surface area contributed by atoms with Crippen molar-refractivity contribution in [2.45, 2.75) is 20.0 Å². The van der Waals surface area contributed by atoms with Crippen LogP contribution >= 0.6 is 0 Å². The molecule has 1 amide bonds. The van der Waals surface area contributed by atoms with E-state index in [-0.39, 0.29) is 12.3 Å². The molecule has 0 aromatic heterocycles. The van der Waals surface area contributed by atoms with E-state index in [1.165, 1.54) is 18.2 Å². The quantitative estimate of drug-likeness (QED) is 0.279. The number of halogens is 1. The van der Waals surface area contributed by atoms with Gasteiger partial charge in [0, 0.05) is 11.6 Å². The molecular formula is C29H24FNO4. The largest absolute Gasteiger partial charge is 0.478 e. The van der Waals surface area contributed by atoms with Crippen LogP contribution in [0.4, 0.5) is 10.1 Å². The fourth-order valence-electron chi connectivity index (χ4n) is 4.14. The van der Waals surface area contributed by atoms with Crippen LogP contribution in [0.5, 0.6) is 0 Å². The van der Waals surface area contributed by atoms with Gasteiger partial charge in [-0.05, 0) is 69.3 Å². The highest BCUT2D eigenvalue weighted by Crippen LogP contribution is 2.31. The zero-order chi connectivity index (χ0) is 24.9. The Balaban J connectivity index is 1.78. The van der Waals surface area contributed by atoms with Crippen molar-refractivity contribution in [3.63, 3.8) is 0 Å². The molecule has 4 rings (SSSR count). The molecule has 0 bridgehead atoms. The number of nitrogens with one attached hydrogen (secondary N) is 1. The minimum Gasteiger partial charge on any atom is -0.478 e. The Bertz CT molecular complexity index is 1460. The van der Waals surface area contributed by atoms with Crippen LogP contribution < -0.4 is 5.32 Å². The molecule has 176 valence electrons. The fraction of sp³-hybridized carbons (Fsp3) is 0.103. The zero-order valence-corrected chi connectivity index (χ0v) is 19.1. The van der Waals surface area contributed by atoms with Crippen LogP contribution in [0, 0.1) is 5.82 Å². The van der Waals surface area contributed by atoms with Gasteiger partial charge < -0.3 is 15.5 Å². The smallest absolute Gasteiger partial charge is 0.328 e. The average molecular weight is 470 g/mol. The summed E-state index contributed by atoms with van der Waals surface area (Å²) in [6, 6.07) is 22.6. The van der Waals surface area contributed by atoms with Crippen LogP contribution in [-0.2, 0) is 11.4 Å². The summed E-state index contributed by atoms with van der Waals surface area (Å²) < 4.78 is 14.7. The number of hydrogen-bond donors (Lipinski definition) is 3. The lowest BCUT2D eigenvalue weighted by Gasteiger charge is -2.14. The second-order valence-electron chi connectivity index (χ2n) is 8.07. The van der Waals surface area contributed by atoms with Gasteiger partial charge >= 0.3 is 5.97 Å². The first kappa shape index (κ1) is 23.9. The number of rotatable bonds is 7. The van der Waals surface area contributed by atoms with Crippen molar-refractivity contribution in [1.82, 2.24) is 0 Å². The minimum atomic E-state index is -1.09. The third-order valence-corrected chi connectivity index (χ3v) is 5.87. The van der Waals surface area contributed by atoms with E-state index >= 15 is 0 Å². The summed E-state index contributed by atoms with van der Waals surface area (Å²) >= 11 is 0. The van der Waals surface area contributed by atoms with Crippen molar-refractivity contribution < 1.29 is 24.2 Å². The molecule has 0 aliphatic heterocycles. The lowest BCUT2D eigenvalue weighted by atomic mass is 9.94. The number of fused-ring (bicyclic) bond motifs is 1. The second kappa shape index (κ2) is 10.3. The summed E-state index contributed by atoms with van der Waals surface area (Å²) in [6.07, 6.45) is 1.51. The maximum absolute atomic E-state index is 14.7. The second-order valence-corrected chi connectivity index (χ2v) is 8.07. The van der Waals surface area contributed by atoms with Crippen LogP contribution in [0.2, 0.25) is 0 Å². The first-order valence-corrected chi connectivity index (χ1v) is 11.2. The van der Waals surface area contributed by atoms with Crippen LogP contribution in [-0.4, -0.2) is 22.1 Å². The summed E-state index contributed by atoms with van der Waals surface area (Å²) in [5.41, 5.74) is 3.63. The van der Waals surface area contributed by atoms with Gasteiger partial charge in [0.05, 0.1) is 12.3 Å². The molecule has 0 saturated carbocycles. The monoisotopic (exact) mass is 469 g/mol. The van der Waals surface area contributed by atoms with Crippen LogP contribution in [0.15, 0.2) is 84.9 Å². The standard InChI is InChI=1S/C29H24FNO4/c1-2-18(16-28(33)34)19-11-12-26(30)27(15-19)31-29(35)25-14-22(13-20-7-3-6-10-24(20)25)23-9-5-4-8-21(23)17-32/h3-16,32H,2,17H2,1H3,(H,31,35)(H,33,34)/b18-16+. The molecule has 5 nitrogen and oxygen atoms in total. The van der Waals surface area contributed by atoms with Crippen LogP contribution in [0.3, 0.4) is 0 Å². The third-order valence-electron chi connectivity index (χ3n) is 5.87. The van der Waals surface area contributed by atoms with E-state index in [9.17, 15) is 19.1 Å². The van der Waals surface area contributed by atoms with Crippen LogP contribution in [0.25, 0.3) is 27.5 Å².